The van der Waals surface area contributed by atoms with E-state index in [9.17, 15) is 43.2 Å². The van der Waals surface area contributed by atoms with Crippen molar-refractivity contribution >= 4 is 37.0 Å². The van der Waals surface area contributed by atoms with Crippen LogP contribution in [-0.2, 0) is 19.7 Å². The Morgan fingerprint density at radius 3 is 1.93 bits per heavy atom. The van der Waals surface area contributed by atoms with Gasteiger partial charge in [0.15, 0.2) is 0 Å². The van der Waals surface area contributed by atoms with E-state index in [0.717, 1.165) is 6.08 Å². The molecule has 222 valence electrons. The molecule has 4 rings (SSSR count). The maximum atomic E-state index is 13.0. The maximum absolute atomic E-state index is 13.0. The van der Waals surface area contributed by atoms with E-state index in [1.807, 2.05) is 0 Å². The summed E-state index contributed by atoms with van der Waals surface area (Å²) in [6.45, 7) is 10.4. The predicted molar refractivity (Wildman–Crippen MR) is 141 cm³/mol. The Morgan fingerprint density at radius 2 is 1.40 bits per heavy atom. The SMILES string of the molecule is CCCCC[N+]1(CC)CCCC1.N=C1C2=Cc3ccccc3C2=CC(S(=O)(=O)C(F)(F)F)=C1S(=O)(=O)C(F)(F)F. The molecule has 0 amide bonds. The van der Waals surface area contributed by atoms with Gasteiger partial charge in [0.1, 0.15) is 4.91 Å². The molecular weight excluding hydrogens is 582 g/mol. The van der Waals surface area contributed by atoms with Crippen LogP contribution in [0.2, 0.25) is 0 Å². The van der Waals surface area contributed by atoms with Crippen molar-refractivity contribution in [3.63, 3.8) is 0 Å². The summed E-state index contributed by atoms with van der Waals surface area (Å²) >= 11 is 0. The molecule has 1 aliphatic heterocycles. The molecule has 6 nitrogen and oxygen atoms in total. The number of sulfone groups is 2. The molecule has 0 bridgehead atoms. The van der Waals surface area contributed by atoms with E-state index in [-0.39, 0.29) is 22.8 Å². The summed E-state index contributed by atoms with van der Waals surface area (Å²) in [5, 5.41) is 7.82. The monoisotopic (exact) mass is 613 g/mol. The molecule has 3 aliphatic rings. The number of likely N-dealkylation sites (tertiary alicyclic amines) is 1. The summed E-state index contributed by atoms with van der Waals surface area (Å²) < 4.78 is 127. The van der Waals surface area contributed by atoms with Gasteiger partial charge in [0.25, 0.3) is 19.7 Å². The minimum absolute atomic E-state index is 0.153. The molecule has 1 fully saturated rings. The molecule has 0 aromatic heterocycles. The first-order chi connectivity index (χ1) is 18.4. The molecule has 1 heterocycles. The van der Waals surface area contributed by atoms with E-state index in [0.29, 0.717) is 0 Å². The minimum Gasteiger partial charge on any atom is -0.324 e. The number of hydrogen-bond donors (Lipinski definition) is 1. The fraction of sp³-hybridized carbons (Fsp3) is 0.500. The minimum atomic E-state index is -6.58. The smallest absolute Gasteiger partial charge is 0.324 e. The molecule has 0 radical (unpaired) electrons. The van der Waals surface area contributed by atoms with Crippen LogP contribution in [0.3, 0.4) is 0 Å². The van der Waals surface area contributed by atoms with Gasteiger partial charge in [-0.15, -0.1) is 0 Å². The lowest BCUT2D eigenvalue weighted by Crippen LogP contribution is -2.45. The fourth-order valence-electron chi connectivity index (χ4n) is 5.16. The second-order valence-corrected chi connectivity index (χ2v) is 13.7. The number of halogens is 6. The van der Waals surface area contributed by atoms with Crippen LogP contribution >= 0.6 is 0 Å². The second kappa shape index (κ2) is 11.4. The van der Waals surface area contributed by atoms with Gasteiger partial charge in [-0.2, -0.15) is 26.3 Å². The Hall–Kier alpha value is -2.45. The lowest BCUT2D eigenvalue weighted by molar-refractivity contribution is -0.915. The molecule has 0 spiro atoms. The maximum Gasteiger partial charge on any atom is 0.502 e. The highest BCUT2D eigenvalue weighted by Gasteiger charge is 2.57. The molecule has 1 aromatic carbocycles. The normalized spacial score (nSPS) is 18.9. The summed E-state index contributed by atoms with van der Waals surface area (Å²) in [6, 6.07) is 5.69. The van der Waals surface area contributed by atoms with E-state index in [2.05, 4.69) is 13.8 Å². The fourth-order valence-corrected chi connectivity index (χ4v) is 7.62. The Balaban J connectivity index is 0.000000307. The quantitative estimate of drug-likeness (QED) is 0.219. The van der Waals surface area contributed by atoms with Crippen LogP contribution in [0.4, 0.5) is 26.3 Å². The zero-order valence-electron chi connectivity index (χ0n) is 22.0. The van der Waals surface area contributed by atoms with Crippen molar-refractivity contribution in [2.24, 2.45) is 0 Å². The molecule has 0 atom stereocenters. The lowest BCUT2D eigenvalue weighted by atomic mass is 9.95. The Labute approximate surface area is 230 Å². The van der Waals surface area contributed by atoms with Gasteiger partial charge in [-0.3, -0.25) is 5.41 Å². The number of nitrogens with zero attached hydrogens (tertiary/aromatic N) is 1. The zero-order chi connectivity index (χ0) is 30.1. The standard InChI is InChI=1S/C15H7F6NO4S2.C11H24N/c16-14(17,18)27(23,24)11-6-9-8-4-2-1-3-7(8)5-10(9)12(22)13(11)28(25,26)15(19,20)21;1-3-5-6-9-12(4-2)10-7-8-11-12/h1-6,22H;3-11H2,1-2H3/q;+1. The molecular formula is C26H31F6N2O4S2+. The second-order valence-electron chi connectivity index (χ2n) is 9.91. The molecule has 1 N–H and O–H groups in total. The third-order valence-corrected chi connectivity index (χ3v) is 10.6. The van der Waals surface area contributed by atoms with Crippen LogP contribution in [-0.4, -0.2) is 64.2 Å². The predicted octanol–water partition coefficient (Wildman–Crippen LogP) is 6.39. The molecule has 2 aliphatic carbocycles. The summed E-state index contributed by atoms with van der Waals surface area (Å²) in [6.07, 6.45) is 8.51. The molecule has 0 unspecified atom stereocenters. The Bertz CT molecular complexity index is 1460. The number of allylic oxidation sites excluding steroid dienone is 4. The van der Waals surface area contributed by atoms with Crippen molar-refractivity contribution < 1.29 is 47.7 Å². The number of alkyl halides is 6. The Kier molecular flexibility index (Phi) is 9.17. The van der Waals surface area contributed by atoms with Crippen LogP contribution < -0.4 is 0 Å². The van der Waals surface area contributed by atoms with Gasteiger partial charge in [0.2, 0.25) is 0 Å². The van der Waals surface area contributed by atoms with Crippen molar-refractivity contribution in [2.45, 2.75) is 57.0 Å². The van der Waals surface area contributed by atoms with Crippen LogP contribution in [0, 0.1) is 5.41 Å². The van der Waals surface area contributed by atoms with E-state index in [1.165, 1.54) is 87.0 Å². The highest BCUT2D eigenvalue weighted by molar-refractivity contribution is 8.00. The summed E-state index contributed by atoms with van der Waals surface area (Å²) in [7, 11) is -13.1. The summed E-state index contributed by atoms with van der Waals surface area (Å²) in [5.74, 6) is 0. The van der Waals surface area contributed by atoms with Crippen molar-refractivity contribution in [2.75, 3.05) is 26.2 Å². The van der Waals surface area contributed by atoms with Crippen LogP contribution in [0.5, 0.6) is 0 Å². The van der Waals surface area contributed by atoms with Crippen molar-refractivity contribution in [3.05, 3.63) is 56.9 Å². The van der Waals surface area contributed by atoms with Crippen LogP contribution in [0.15, 0.2) is 45.7 Å². The van der Waals surface area contributed by atoms with Gasteiger partial charge in [-0.1, -0.05) is 37.6 Å². The van der Waals surface area contributed by atoms with Gasteiger partial charge in [0.05, 0.1) is 36.8 Å². The highest BCUT2D eigenvalue weighted by Crippen LogP contribution is 2.47. The van der Waals surface area contributed by atoms with Crippen molar-refractivity contribution in [1.82, 2.24) is 0 Å². The number of unbranched alkanes of at least 4 members (excludes halogenated alkanes) is 2. The topological polar surface area (TPSA) is 92.1 Å². The number of hydrogen-bond acceptors (Lipinski definition) is 5. The molecule has 1 aromatic rings. The van der Waals surface area contributed by atoms with Crippen LogP contribution in [0.1, 0.15) is 57.1 Å². The molecule has 14 heteroatoms. The highest BCUT2D eigenvalue weighted by atomic mass is 32.2. The molecule has 40 heavy (non-hydrogen) atoms. The summed E-state index contributed by atoms with van der Waals surface area (Å²) in [5.41, 5.74) is -13.9. The third-order valence-electron chi connectivity index (χ3n) is 7.43. The lowest BCUT2D eigenvalue weighted by Gasteiger charge is -2.33. The van der Waals surface area contributed by atoms with Gasteiger partial charge >= 0.3 is 11.0 Å². The van der Waals surface area contributed by atoms with Gasteiger partial charge < -0.3 is 4.48 Å². The zero-order valence-corrected chi connectivity index (χ0v) is 23.6. The first kappa shape index (κ1) is 32.1. The largest absolute Gasteiger partial charge is 0.502 e. The number of nitrogens with one attached hydrogen (secondary N) is 1. The average molecular weight is 614 g/mol. The number of rotatable bonds is 7. The first-order valence-electron chi connectivity index (χ1n) is 12.8. The van der Waals surface area contributed by atoms with Gasteiger partial charge in [-0.05, 0) is 48.6 Å². The first-order valence-corrected chi connectivity index (χ1v) is 15.7. The van der Waals surface area contributed by atoms with E-state index in [1.54, 1.807) is 0 Å². The average Bonchev–Trinajstić information content (AvgIpc) is 3.48. The van der Waals surface area contributed by atoms with Gasteiger partial charge in [-0.25, -0.2) is 16.8 Å². The van der Waals surface area contributed by atoms with Crippen LogP contribution in [0.25, 0.3) is 11.6 Å². The van der Waals surface area contributed by atoms with E-state index < -0.39 is 51.8 Å². The number of benzene rings is 1. The van der Waals surface area contributed by atoms with E-state index >= 15 is 0 Å². The Morgan fingerprint density at radius 1 is 0.825 bits per heavy atom. The van der Waals surface area contributed by atoms with Gasteiger partial charge in [0, 0.05) is 18.4 Å². The van der Waals surface area contributed by atoms with E-state index in [4.69, 9.17) is 5.41 Å². The van der Waals surface area contributed by atoms with Crippen molar-refractivity contribution in [3.8, 4) is 0 Å². The number of fused-ring (bicyclic) bond motifs is 3. The van der Waals surface area contributed by atoms with Crippen molar-refractivity contribution in [1.29, 1.82) is 5.41 Å². The molecule has 1 saturated heterocycles. The third kappa shape index (κ3) is 5.94. The number of quaternary nitrogens is 1. The summed E-state index contributed by atoms with van der Waals surface area (Å²) in [4.78, 5) is -4.38. The molecule has 0 saturated carbocycles.